The van der Waals surface area contributed by atoms with Crippen molar-refractivity contribution < 1.29 is 13.3 Å². The SMILES string of the molecule is CO[Si](OC)(OC)C(C)C(C)Cl. The summed E-state index contributed by atoms with van der Waals surface area (Å²) in [7, 11) is 2.26. The summed E-state index contributed by atoms with van der Waals surface area (Å²) in [6.07, 6.45) is 0. The van der Waals surface area contributed by atoms with Gasteiger partial charge in [-0.15, -0.1) is 11.6 Å². The average Bonchev–Trinajstić information content (AvgIpc) is 2.08. The number of rotatable bonds is 5. The van der Waals surface area contributed by atoms with E-state index in [9.17, 15) is 0 Å². The summed E-state index contributed by atoms with van der Waals surface area (Å²) in [5.41, 5.74) is 0.0965. The molecule has 74 valence electrons. The molecule has 0 rings (SSSR count). The van der Waals surface area contributed by atoms with Crippen LogP contribution in [0, 0.1) is 0 Å². The molecule has 0 saturated carbocycles. The number of alkyl halides is 1. The van der Waals surface area contributed by atoms with Gasteiger partial charge in [0.05, 0.1) is 0 Å². The molecule has 2 unspecified atom stereocenters. The van der Waals surface area contributed by atoms with E-state index in [1.165, 1.54) is 0 Å². The van der Waals surface area contributed by atoms with Crippen molar-refractivity contribution in [3.8, 4) is 0 Å². The lowest BCUT2D eigenvalue weighted by Crippen LogP contribution is -2.49. The topological polar surface area (TPSA) is 27.7 Å². The molecule has 0 aromatic carbocycles. The molecule has 0 aliphatic carbocycles. The zero-order valence-corrected chi connectivity index (χ0v) is 10.0. The molecule has 0 N–H and O–H groups in total. The molecule has 0 bridgehead atoms. The Morgan fingerprint density at radius 2 is 1.33 bits per heavy atom. The quantitative estimate of drug-likeness (QED) is 0.515. The Balaban J connectivity index is 4.46. The molecule has 2 atom stereocenters. The van der Waals surface area contributed by atoms with Crippen molar-refractivity contribution in [2.45, 2.75) is 24.8 Å². The van der Waals surface area contributed by atoms with Crippen LogP contribution < -0.4 is 0 Å². The van der Waals surface area contributed by atoms with E-state index in [0.717, 1.165) is 0 Å². The molecule has 0 amide bonds. The molecule has 0 radical (unpaired) electrons. The Hall–Kier alpha value is 0.387. The first-order valence-electron chi connectivity index (χ1n) is 3.83. The molecule has 0 aromatic heterocycles. The van der Waals surface area contributed by atoms with Crippen LogP contribution in [0.5, 0.6) is 0 Å². The van der Waals surface area contributed by atoms with Crippen LogP contribution in [0.4, 0.5) is 0 Å². The van der Waals surface area contributed by atoms with E-state index in [1.54, 1.807) is 21.3 Å². The summed E-state index contributed by atoms with van der Waals surface area (Å²) in [6.45, 7) is 3.88. The largest absolute Gasteiger partial charge is 0.504 e. The van der Waals surface area contributed by atoms with E-state index in [2.05, 4.69) is 0 Å². The first kappa shape index (κ1) is 12.4. The second-order valence-electron chi connectivity index (χ2n) is 2.68. The second kappa shape index (κ2) is 5.19. The van der Waals surface area contributed by atoms with Crippen LogP contribution in [0.15, 0.2) is 0 Å². The van der Waals surface area contributed by atoms with Gasteiger partial charge in [-0.3, -0.25) is 0 Å². The molecular formula is C7H17ClO3Si. The van der Waals surface area contributed by atoms with Gasteiger partial charge in [-0.05, 0) is 6.92 Å². The lowest BCUT2D eigenvalue weighted by Gasteiger charge is -2.31. The predicted molar refractivity (Wildman–Crippen MR) is 51.5 cm³/mol. The number of hydrogen-bond donors (Lipinski definition) is 0. The van der Waals surface area contributed by atoms with Crippen molar-refractivity contribution in [1.82, 2.24) is 0 Å². The normalized spacial score (nSPS) is 17.5. The highest BCUT2D eigenvalue weighted by atomic mass is 35.5. The summed E-state index contributed by atoms with van der Waals surface area (Å²) < 4.78 is 15.8. The molecule has 0 aromatic rings. The maximum Gasteiger partial charge on any atom is 0.504 e. The van der Waals surface area contributed by atoms with Crippen LogP contribution >= 0.6 is 11.6 Å². The fraction of sp³-hybridized carbons (Fsp3) is 1.00. The lowest BCUT2D eigenvalue weighted by atomic mass is 10.4. The molecular weight excluding hydrogens is 196 g/mol. The van der Waals surface area contributed by atoms with Crippen LogP contribution in [0.25, 0.3) is 0 Å². The van der Waals surface area contributed by atoms with Crippen LogP contribution in [-0.4, -0.2) is 35.5 Å². The summed E-state index contributed by atoms with van der Waals surface area (Å²) >= 11 is 5.94. The number of halogens is 1. The molecule has 3 nitrogen and oxygen atoms in total. The van der Waals surface area contributed by atoms with Crippen molar-refractivity contribution in [2.24, 2.45) is 0 Å². The van der Waals surface area contributed by atoms with E-state index < -0.39 is 8.80 Å². The smallest absolute Gasteiger partial charge is 0.377 e. The molecule has 5 heteroatoms. The highest BCUT2D eigenvalue weighted by Crippen LogP contribution is 2.29. The van der Waals surface area contributed by atoms with Gasteiger partial charge >= 0.3 is 8.80 Å². The highest BCUT2D eigenvalue weighted by molar-refractivity contribution is 6.63. The fourth-order valence-electron chi connectivity index (χ4n) is 1.09. The van der Waals surface area contributed by atoms with E-state index in [-0.39, 0.29) is 10.9 Å². The Morgan fingerprint density at radius 3 is 1.42 bits per heavy atom. The van der Waals surface area contributed by atoms with Gasteiger partial charge in [0.2, 0.25) is 0 Å². The Kier molecular flexibility index (Phi) is 5.36. The van der Waals surface area contributed by atoms with Crippen molar-refractivity contribution in [2.75, 3.05) is 21.3 Å². The van der Waals surface area contributed by atoms with Gasteiger partial charge in [-0.25, -0.2) is 0 Å². The third-order valence-corrected chi connectivity index (χ3v) is 6.01. The minimum Gasteiger partial charge on any atom is -0.377 e. The maximum atomic E-state index is 5.94. The van der Waals surface area contributed by atoms with E-state index in [4.69, 9.17) is 24.9 Å². The standard InChI is InChI=1S/C7H17ClO3Si/c1-6(8)7(2)12(9-3,10-4)11-5/h6-7H,1-5H3. The monoisotopic (exact) mass is 212 g/mol. The summed E-state index contributed by atoms with van der Waals surface area (Å²) in [5.74, 6) is 0. The van der Waals surface area contributed by atoms with Gasteiger partial charge in [0.25, 0.3) is 0 Å². The summed E-state index contributed by atoms with van der Waals surface area (Å²) in [4.78, 5) is 0. The first-order valence-corrected chi connectivity index (χ1v) is 6.07. The maximum absolute atomic E-state index is 5.94. The van der Waals surface area contributed by atoms with Crippen LogP contribution in [-0.2, 0) is 13.3 Å². The van der Waals surface area contributed by atoms with Crippen molar-refractivity contribution in [3.63, 3.8) is 0 Å². The Morgan fingerprint density at radius 1 is 1.00 bits per heavy atom. The third-order valence-electron chi connectivity index (χ3n) is 2.10. The van der Waals surface area contributed by atoms with E-state index in [1.807, 2.05) is 13.8 Å². The summed E-state index contributed by atoms with van der Waals surface area (Å²) in [5, 5.41) is -0.0171. The lowest BCUT2D eigenvalue weighted by molar-refractivity contribution is 0.113. The molecule has 0 aliphatic heterocycles. The van der Waals surface area contributed by atoms with Gasteiger partial charge < -0.3 is 13.3 Å². The Bertz CT molecular complexity index is 120. The second-order valence-corrected chi connectivity index (χ2v) is 6.71. The van der Waals surface area contributed by atoms with Gasteiger partial charge in [-0.1, -0.05) is 6.92 Å². The first-order chi connectivity index (χ1) is 5.54. The minimum absolute atomic E-state index is 0.0171. The van der Waals surface area contributed by atoms with Crippen molar-refractivity contribution >= 4 is 20.4 Å². The fourth-order valence-corrected chi connectivity index (χ4v) is 3.73. The minimum atomic E-state index is -2.52. The molecule has 0 aliphatic rings. The highest BCUT2D eigenvalue weighted by Gasteiger charge is 2.46. The number of hydrogen-bond acceptors (Lipinski definition) is 3. The van der Waals surface area contributed by atoms with E-state index in [0.29, 0.717) is 0 Å². The third kappa shape index (κ3) is 2.44. The molecule has 0 saturated heterocycles. The zero-order valence-electron chi connectivity index (χ0n) is 8.26. The Labute approximate surface area is 80.3 Å². The van der Waals surface area contributed by atoms with Crippen LogP contribution in [0.3, 0.4) is 0 Å². The molecule has 0 fully saturated rings. The molecule has 12 heavy (non-hydrogen) atoms. The van der Waals surface area contributed by atoms with Gasteiger partial charge in [0.1, 0.15) is 0 Å². The van der Waals surface area contributed by atoms with Crippen molar-refractivity contribution in [1.29, 1.82) is 0 Å². The average molecular weight is 213 g/mol. The predicted octanol–water partition coefficient (Wildman–Crippen LogP) is 1.88. The van der Waals surface area contributed by atoms with Gasteiger partial charge in [0.15, 0.2) is 0 Å². The van der Waals surface area contributed by atoms with Crippen LogP contribution in [0.1, 0.15) is 13.8 Å². The van der Waals surface area contributed by atoms with E-state index >= 15 is 0 Å². The molecule has 0 heterocycles. The van der Waals surface area contributed by atoms with Gasteiger partial charge in [-0.2, -0.15) is 0 Å². The van der Waals surface area contributed by atoms with Gasteiger partial charge in [0, 0.05) is 32.2 Å². The zero-order chi connectivity index (χ0) is 9.78. The summed E-state index contributed by atoms with van der Waals surface area (Å²) in [6, 6.07) is 0. The molecule has 0 spiro atoms. The van der Waals surface area contributed by atoms with Crippen LogP contribution in [0.2, 0.25) is 5.54 Å². The van der Waals surface area contributed by atoms with Crippen molar-refractivity contribution in [3.05, 3.63) is 0 Å².